The summed E-state index contributed by atoms with van der Waals surface area (Å²) in [5.74, 6) is -1.78. The van der Waals surface area contributed by atoms with Gasteiger partial charge in [0, 0.05) is 16.9 Å². The standard InChI is InChI=1S/C16H14N2O4/c1-10(19)11-3-2-4-13(9-11)18-16(22)15(21)17-12-5-7-14(20)8-6-12/h2-9,20H,1H3,(H,17,21)(H,18,22). The molecule has 22 heavy (non-hydrogen) atoms. The maximum Gasteiger partial charge on any atom is 0.314 e. The highest BCUT2D eigenvalue weighted by Crippen LogP contribution is 2.14. The Balaban J connectivity index is 2.02. The van der Waals surface area contributed by atoms with Crippen LogP contribution in [0.1, 0.15) is 17.3 Å². The Hall–Kier alpha value is -3.15. The molecule has 2 amide bonds. The summed E-state index contributed by atoms with van der Waals surface area (Å²) in [6.07, 6.45) is 0. The number of amides is 2. The van der Waals surface area contributed by atoms with Gasteiger partial charge in [-0.2, -0.15) is 0 Å². The molecular formula is C16H14N2O4. The van der Waals surface area contributed by atoms with Gasteiger partial charge in [-0.15, -0.1) is 0 Å². The number of carbonyl (C=O) groups excluding carboxylic acids is 3. The molecule has 0 bridgehead atoms. The lowest BCUT2D eigenvalue weighted by Crippen LogP contribution is -2.29. The van der Waals surface area contributed by atoms with Crippen molar-refractivity contribution in [2.75, 3.05) is 10.6 Å². The molecule has 0 saturated heterocycles. The second-order valence-electron chi connectivity index (χ2n) is 4.59. The number of hydrogen-bond donors (Lipinski definition) is 3. The molecule has 0 saturated carbocycles. The first kappa shape index (κ1) is 15.2. The SMILES string of the molecule is CC(=O)c1cccc(NC(=O)C(=O)Nc2ccc(O)cc2)c1. The fourth-order valence-electron chi connectivity index (χ4n) is 1.74. The van der Waals surface area contributed by atoms with Gasteiger partial charge in [-0.3, -0.25) is 14.4 Å². The van der Waals surface area contributed by atoms with Crippen LogP contribution in [0.15, 0.2) is 48.5 Å². The Bertz CT molecular complexity index is 723. The zero-order valence-corrected chi connectivity index (χ0v) is 11.8. The summed E-state index contributed by atoms with van der Waals surface area (Å²) < 4.78 is 0. The topological polar surface area (TPSA) is 95.5 Å². The van der Waals surface area contributed by atoms with Crippen LogP contribution in [0.3, 0.4) is 0 Å². The number of ketones is 1. The maximum absolute atomic E-state index is 11.8. The minimum Gasteiger partial charge on any atom is -0.508 e. The molecule has 0 aromatic heterocycles. The Kier molecular flexibility index (Phi) is 4.53. The molecule has 0 aliphatic heterocycles. The largest absolute Gasteiger partial charge is 0.508 e. The number of phenols is 1. The molecule has 0 aliphatic carbocycles. The average molecular weight is 298 g/mol. The Morgan fingerprint density at radius 1 is 0.864 bits per heavy atom. The van der Waals surface area contributed by atoms with E-state index in [1.54, 1.807) is 18.2 Å². The number of rotatable bonds is 3. The molecule has 112 valence electrons. The van der Waals surface area contributed by atoms with E-state index >= 15 is 0 Å². The van der Waals surface area contributed by atoms with Gasteiger partial charge in [0.2, 0.25) is 0 Å². The van der Waals surface area contributed by atoms with E-state index in [0.717, 1.165) is 0 Å². The Morgan fingerprint density at radius 2 is 1.45 bits per heavy atom. The molecule has 6 heteroatoms. The fourth-order valence-corrected chi connectivity index (χ4v) is 1.74. The number of hydrogen-bond acceptors (Lipinski definition) is 4. The number of aromatic hydroxyl groups is 1. The van der Waals surface area contributed by atoms with Gasteiger partial charge in [0.05, 0.1) is 0 Å². The van der Waals surface area contributed by atoms with Gasteiger partial charge >= 0.3 is 11.8 Å². The number of Topliss-reactive ketones (excluding diaryl/α,β-unsaturated/α-hetero) is 1. The third-order valence-electron chi connectivity index (χ3n) is 2.86. The predicted octanol–water partition coefficient (Wildman–Crippen LogP) is 2.17. The van der Waals surface area contributed by atoms with Crippen molar-refractivity contribution < 1.29 is 19.5 Å². The monoisotopic (exact) mass is 298 g/mol. The molecule has 6 nitrogen and oxygen atoms in total. The molecule has 0 atom stereocenters. The van der Waals surface area contributed by atoms with Gasteiger partial charge < -0.3 is 15.7 Å². The van der Waals surface area contributed by atoms with Gasteiger partial charge in [-0.1, -0.05) is 12.1 Å². The van der Waals surface area contributed by atoms with Gasteiger partial charge in [0.15, 0.2) is 5.78 Å². The van der Waals surface area contributed by atoms with Crippen molar-refractivity contribution in [1.29, 1.82) is 0 Å². The third kappa shape index (κ3) is 3.92. The van der Waals surface area contributed by atoms with E-state index in [1.165, 1.54) is 37.3 Å². The van der Waals surface area contributed by atoms with Crippen molar-refractivity contribution >= 4 is 29.0 Å². The zero-order valence-electron chi connectivity index (χ0n) is 11.8. The first-order valence-electron chi connectivity index (χ1n) is 6.48. The van der Waals surface area contributed by atoms with E-state index in [1.807, 2.05) is 0 Å². The molecule has 0 aliphatic rings. The minimum absolute atomic E-state index is 0.0588. The molecule has 2 aromatic carbocycles. The summed E-state index contributed by atoms with van der Waals surface area (Å²) in [7, 11) is 0. The maximum atomic E-state index is 11.8. The summed E-state index contributed by atoms with van der Waals surface area (Å²) in [5.41, 5.74) is 1.19. The van der Waals surface area contributed by atoms with E-state index < -0.39 is 11.8 Å². The van der Waals surface area contributed by atoms with Crippen molar-refractivity contribution in [2.24, 2.45) is 0 Å². The normalized spacial score (nSPS) is 9.86. The molecule has 2 aromatic rings. The summed E-state index contributed by atoms with van der Waals surface area (Å²) in [5, 5.41) is 14.0. The summed E-state index contributed by atoms with van der Waals surface area (Å²) in [6.45, 7) is 1.42. The fraction of sp³-hybridized carbons (Fsp3) is 0.0625. The summed E-state index contributed by atoms with van der Waals surface area (Å²) in [6, 6.07) is 12.0. The van der Waals surface area contributed by atoms with Crippen LogP contribution in [0.2, 0.25) is 0 Å². The van der Waals surface area contributed by atoms with Gasteiger partial charge in [0.25, 0.3) is 0 Å². The lowest BCUT2D eigenvalue weighted by molar-refractivity contribution is -0.132. The lowest BCUT2D eigenvalue weighted by atomic mass is 10.1. The van der Waals surface area contributed by atoms with E-state index in [0.29, 0.717) is 16.9 Å². The first-order valence-corrected chi connectivity index (χ1v) is 6.48. The van der Waals surface area contributed by atoms with Crippen molar-refractivity contribution in [2.45, 2.75) is 6.92 Å². The van der Waals surface area contributed by atoms with E-state index in [9.17, 15) is 14.4 Å². The van der Waals surface area contributed by atoms with Gasteiger partial charge in [0.1, 0.15) is 5.75 Å². The second-order valence-corrected chi connectivity index (χ2v) is 4.59. The van der Waals surface area contributed by atoms with E-state index in [2.05, 4.69) is 10.6 Å². The smallest absolute Gasteiger partial charge is 0.314 e. The van der Waals surface area contributed by atoms with E-state index in [-0.39, 0.29) is 11.5 Å². The molecular weight excluding hydrogens is 284 g/mol. The van der Waals surface area contributed by atoms with Crippen molar-refractivity contribution in [3.05, 3.63) is 54.1 Å². The average Bonchev–Trinajstić information content (AvgIpc) is 2.49. The van der Waals surface area contributed by atoms with Crippen LogP contribution in [-0.4, -0.2) is 22.7 Å². The minimum atomic E-state index is -0.853. The first-order chi connectivity index (χ1) is 10.5. The summed E-state index contributed by atoms with van der Waals surface area (Å²) >= 11 is 0. The zero-order chi connectivity index (χ0) is 16.1. The van der Waals surface area contributed by atoms with Crippen molar-refractivity contribution in [1.82, 2.24) is 0 Å². The van der Waals surface area contributed by atoms with Crippen LogP contribution >= 0.6 is 0 Å². The highest BCUT2D eigenvalue weighted by Gasteiger charge is 2.14. The molecule has 0 heterocycles. The van der Waals surface area contributed by atoms with Crippen LogP contribution in [0.25, 0.3) is 0 Å². The predicted molar refractivity (Wildman–Crippen MR) is 81.8 cm³/mol. The van der Waals surface area contributed by atoms with Crippen molar-refractivity contribution in [3.8, 4) is 5.75 Å². The number of phenolic OH excluding ortho intramolecular Hbond substituents is 1. The quantitative estimate of drug-likeness (QED) is 0.460. The van der Waals surface area contributed by atoms with E-state index in [4.69, 9.17) is 5.11 Å². The number of anilines is 2. The third-order valence-corrected chi connectivity index (χ3v) is 2.86. The highest BCUT2D eigenvalue weighted by atomic mass is 16.3. The highest BCUT2D eigenvalue weighted by molar-refractivity contribution is 6.43. The molecule has 0 fully saturated rings. The van der Waals surface area contributed by atoms with Gasteiger partial charge in [-0.25, -0.2) is 0 Å². The molecule has 0 unspecified atom stereocenters. The van der Waals surface area contributed by atoms with Crippen LogP contribution in [-0.2, 0) is 9.59 Å². The van der Waals surface area contributed by atoms with Crippen LogP contribution in [0.4, 0.5) is 11.4 Å². The van der Waals surface area contributed by atoms with Crippen molar-refractivity contribution in [3.63, 3.8) is 0 Å². The lowest BCUT2D eigenvalue weighted by Gasteiger charge is -2.07. The Morgan fingerprint density at radius 3 is 2.05 bits per heavy atom. The van der Waals surface area contributed by atoms with Crippen LogP contribution in [0, 0.1) is 0 Å². The number of benzene rings is 2. The molecule has 0 radical (unpaired) electrons. The molecule has 3 N–H and O–H groups in total. The molecule has 2 rings (SSSR count). The summed E-state index contributed by atoms with van der Waals surface area (Å²) in [4.78, 5) is 34.8. The molecule has 0 spiro atoms. The van der Waals surface area contributed by atoms with Crippen LogP contribution in [0.5, 0.6) is 5.75 Å². The Labute approximate surface area is 126 Å². The van der Waals surface area contributed by atoms with Gasteiger partial charge in [-0.05, 0) is 43.3 Å². The number of nitrogens with one attached hydrogen (secondary N) is 2. The number of carbonyl (C=O) groups is 3. The second kappa shape index (κ2) is 6.53. The van der Waals surface area contributed by atoms with Crippen LogP contribution < -0.4 is 10.6 Å².